The van der Waals surface area contributed by atoms with Gasteiger partial charge in [-0.1, -0.05) is 17.3 Å². The van der Waals surface area contributed by atoms with Gasteiger partial charge in [-0.15, -0.1) is 5.10 Å². The maximum Gasteiger partial charge on any atom is 0.239 e. The predicted molar refractivity (Wildman–Crippen MR) is 96.3 cm³/mol. The van der Waals surface area contributed by atoms with Crippen LogP contribution in [0, 0.1) is 0 Å². The number of nitrogens with zero attached hydrogens (tertiary/aromatic N) is 5. The van der Waals surface area contributed by atoms with Crippen LogP contribution in [0.5, 0.6) is 0 Å². The van der Waals surface area contributed by atoms with Crippen molar-refractivity contribution in [3.05, 3.63) is 36.7 Å². The minimum atomic E-state index is -0.832. The summed E-state index contributed by atoms with van der Waals surface area (Å²) in [5.41, 5.74) is 1.73. The molecule has 8 heteroatoms. The number of carbonyl (C=O) groups is 1. The third kappa shape index (κ3) is 3.55. The number of likely N-dealkylation sites (tertiary alicyclic amines) is 1. The van der Waals surface area contributed by atoms with E-state index in [0.29, 0.717) is 25.3 Å². The van der Waals surface area contributed by atoms with E-state index in [0.717, 1.165) is 22.0 Å². The molecule has 134 valence electrons. The Bertz CT molecular complexity index is 956. The maximum atomic E-state index is 13.2. The van der Waals surface area contributed by atoms with E-state index >= 15 is 0 Å². The first-order valence-electron chi connectivity index (χ1n) is 8.49. The lowest BCUT2D eigenvalue weighted by Crippen LogP contribution is -2.32. The Balaban J connectivity index is 1.51. The zero-order valence-corrected chi connectivity index (χ0v) is 14.4. The first-order valence-corrected chi connectivity index (χ1v) is 8.49. The van der Waals surface area contributed by atoms with Gasteiger partial charge in [0.2, 0.25) is 5.91 Å². The minimum Gasteiger partial charge on any atom is -0.310 e. The second-order valence-corrected chi connectivity index (χ2v) is 6.58. The molecule has 26 heavy (non-hydrogen) atoms. The van der Waals surface area contributed by atoms with Gasteiger partial charge in [-0.3, -0.25) is 14.4 Å². The van der Waals surface area contributed by atoms with Crippen LogP contribution in [0.1, 0.15) is 6.42 Å². The van der Waals surface area contributed by atoms with E-state index in [2.05, 4.69) is 20.6 Å². The van der Waals surface area contributed by atoms with Crippen LogP contribution in [0.4, 0.5) is 10.2 Å². The summed E-state index contributed by atoms with van der Waals surface area (Å²) in [6.07, 6.45) is 3.23. The number of rotatable bonds is 4. The van der Waals surface area contributed by atoms with E-state index in [1.165, 1.54) is 0 Å². The second kappa shape index (κ2) is 6.80. The Hall–Kier alpha value is -2.87. The molecule has 0 saturated carbocycles. The van der Waals surface area contributed by atoms with Gasteiger partial charge in [-0.05, 0) is 23.9 Å². The smallest absolute Gasteiger partial charge is 0.239 e. The summed E-state index contributed by atoms with van der Waals surface area (Å²) in [6, 6.07) is 7.75. The molecule has 0 bridgehead atoms. The van der Waals surface area contributed by atoms with Gasteiger partial charge in [0, 0.05) is 37.3 Å². The molecule has 0 spiro atoms. The number of hydrogen-bond acceptors (Lipinski definition) is 5. The molecule has 3 heterocycles. The molecular formula is C18H19FN6O. The van der Waals surface area contributed by atoms with Gasteiger partial charge in [0.1, 0.15) is 17.7 Å². The SMILES string of the molecule is Cn1cc(-c2ccc3cnc(NC(=O)CN4CC[C@H](F)C4)cc3c2)nn1. The van der Waals surface area contributed by atoms with Gasteiger partial charge in [0.25, 0.3) is 0 Å². The molecule has 1 saturated heterocycles. The molecule has 1 aliphatic heterocycles. The summed E-state index contributed by atoms with van der Waals surface area (Å²) < 4.78 is 14.9. The van der Waals surface area contributed by atoms with E-state index in [1.807, 2.05) is 42.4 Å². The van der Waals surface area contributed by atoms with Crippen LogP contribution >= 0.6 is 0 Å². The van der Waals surface area contributed by atoms with Crippen LogP contribution < -0.4 is 5.32 Å². The Morgan fingerprint density at radius 1 is 1.35 bits per heavy atom. The topological polar surface area (TPSA) is 75.9 Å². The highest BCUT2D eigenvalue weighted by atomic mass is 19.1. The van der Waals surface area contributed by atoms with E-state index in [1.54, 1.807) is 10.9 Å². The number of aromatic nitrogens is 4. The van der Waals surface area contributed by atoms with E-state index < -0.39 is 6.17 Å². The summed E-state index contributed by atoms with van der Waals surface area (Å²) in [5, 5.41) is 12.8. The molecule has 1 aliphatic rings. The monoisotopic (exact) mass is 354 g/mol. The zero-order chi connectivity index (χ0) is 18.1. The fourth-order valence-corrected chi connectivity index (χ4v) is 3.16. The van der Waals surface area contributed by atoms with Crippen LogP contribution in [0.15, 0.2) is 36.7 Å². The van der Waals surface area contributed by atoms with Crippen molar-refractivity contribution in [3.8, 4) is 11.3 Å². The molecule has 3 aromatic rings. The average molecular weight is 354 g/mol. The third-order valence-corrected chi connectivity index (χ3v) is 4.47. The molecule has 0 radical (unpaired) electrons. The number of fused-ring (bicyclic) bond motifs is 1. The molecule has 0 aliphatic carbocycles. The molecule has 1 aromatic carbocycles. The summed E-state index contributed by atoms with van der Waals surface area (Å²) >= 11 is 0. The van der Waals surface area contributed by atoms with Gasteiger partial charge < -0.3 is 5.32 Å². The fourth-order valence-electron chi connectivity index (χ4n) is 3.16. The van der Waals surface area contributed by atoms with Crippen molar-refractivity contribution in [2.45, 2.75) is 12.6 Å². The summed E-state index contributed by atoms with van der Waals surface area (Å²) in [4.78, 5) is 18.3. The normalized spacial score (nSPS) is 17.7. The van der Waals surface area contributed by atoms with Crippen molar-refractivity contribution in [1.82, 2.24) is 24.9 Å². The van der Waals surface area contributed by atoms with Gasteiger partial charge in [-0.25, -0.2) is 9.37 Å². The zero-order valence-electron chi connectivity index (χ0n) is 14.4. The van der Waals surface area contributed by atoms with Crippen LogP contribution in [0.2, 0.25) is 0 Å². The Labute approximate surface area is 149 Å². The number of aryl methyl sites for hydroxylation is 1. The second-order valence-electron chi connectivity index (χ2n) is 6.58. The third-order valence-electron chi connectivity index (χ3n) is 4.47. The van der Waals surface area contributed by atoms with E-state index in [9.17, 15) is 9.18 Å². The molecule has 2 aromatic heterocycles. The maximum absolute atomic E-state index is 13.2. The highest BCUT2D eigenvalue weighted by Crippen LogP contribution is 2.24. The van der Waals surface area contributed by atoms with Crippen LogP contribution in [-0.2, 0) is 11.8 Å². The van der Waals surface area contributed by atoms with E-state index in [4.69, 9.17) is 0 Å². The summed E-state index contributed by atoms with van der Waals surface area (Å²) in [5.74, 6) is 0.297. The molecule has 1 N–H and O–H groups in total. The number of pyridine rings is 1. The number of alkyl halides is 1. The van der Waals surface area contributed by atoms with Crippen molar-refractivity contribution in [1.29, 1.82) is 0 Å². The molecular weight excluding hydrogens is 335 g/mol. The summed E-state index contributed by atoms with van der Waals surface area (Å²) in [7, 11) is 1.82. The molecule has 4 rings (SSSR count). The van der Waals surface area contributed by atoms with Crippen molar-refractivity contribution in [3.63, 3.8) is 0 Å². The lowest BCUT2D eigenvalue weighted by Gasteiger charge is -2.14. The highest BCUT2D eigenvalue weighted by Gasteiger charge is 2.23. The number of nitrogens with one attached hydrogen (secondary N) is 1. The van der Waals surface area contributed by atoms with Crippen molar-refractivity contribution in [2.75, 3.05) is 25.0 Å². The number of amides is 1. The number of anilines is 1. The Morgan fingerprint density at radius 3 is 2.96 bits per heavy atom. The number of halogens is 1. The lowest BCUT2D eigenvalue weighted by molar-refractivity contribution is -0.117. The van der Waals surface area contributed by atoms with Gasteiger partial charge in [-0.2, -0.15) is 0 Å². The quantitative estimate of drug-likeness (QED) is 0.776. The standard InChI is InChI=1S/C18H19FN6O/c1-24-10-16(22-23-24)12-2-3-13-8-20-17(7-14(13)6-12)21-18(26)11-25-5-4-15(19)9-25/h2-3,6-8,10,15H,4-5,9,11H2,1H3,(H,20,21,26)/t15-/m0/s1. The predicted octanol–water partition coefficient (Wildman–Crippen LogP) is 2.01. The first-order chi connectivity index (χ1) is 12.6. The van der Waals surface area contributed by atoms with Crippen molar-refractivity contribution in [2.24, 2.45) is 7.05 Å². The van der Waals surface area contributed by atoms with Crippen LogP contribution in [-0.4, -0.2) is 56.6 Å². The molecule has 1 amide bonds. The lowest BCUT2D eigenvalue weighted by atomic mass is 10.1. The minimum absolute atomic E-state index is 0.180. The van der Waals surface area contributed by atoms with Crippen LogP contribution in [0.25, 0.3) is 22.0 Å². The average Bonchev–Trinajstić information content (AvgIpc) is 3.22. The van der Waals surface area contributed by atoms with Crippen LogP contribution in [0.3, 0.4) is 0 Å². The van der Waals surface area contributed by atoms with E-state index in [-0.39, 0.29) is 12.5 Å². The number of benzene rings is 1. The first kappa shape index (κ1) is 16.6. The van der Waals surface area contributed by atoms with Gasteiger partial charge in [0.05, 0.1) is 12.7 Å². The largest absolute Gasteiger partial charge is 0.310 e. The van der Waals surface area contributed by atoms with Crippen molar-refractivity contribution < 1.29 is 9.18 Å². The molecule has 1 atom stereocenters. The molecule has 1 fully saturated rings. The Kier molecular flexibility index (Phi) is 4.34. The summed E-state index contributed by atoms with van der Waals surface area (Å²) in [6.45, 7) is 1.11. The molecule has 0 unspecified atom stereocenters. The number of carbonyl (C=O) groups excluding carboxylic acids is 1. The van der Waals surface area contributed by atoms with Crippen molar-refractivity contribution >= 4 is 22.5 Å². The Morgan fingerprint density at radius 2 is 2.23 bits per heavy atom. The number of hydrogen-bond donors (Lipinski definition) is 1. The van der Waals surface area contributed by atoms with Gasteiger partial charge >= 0.3 is 0 Å². The highest BCUT2D eigenvalue weighted by molar-refractivity contribution is 5.94. The van der Waals surface area contributed by atoms with Gasteiger partial charge in [0.15, 0.2) is 0 Å². The molecule has 7 nitrogen and oxygen atoms in total. The fraction of sp³-hybridized carbons (Fsp3) is 0.333.